The summed E-state index contributed by atoms with van der Waals surface area (Å²) in [5.74, 6) is 1.80. The van der Waals surface area contributed by atoms with E-state index in [9.17, 15) is 9.59 Å². The highest BCUT2D eigenvalue weighted by Gasteiger charge is 2.23. The van der Waals surface area contributed by atoms with E-state index in [1.165, 1.54) is 0 Å². The first-order chi connectivity index (χ1) is 16.5. The first kappa shape index (κ1) is 22.4. The molecule has 2 aliphatic heterocycles. The molecule has 0 saturated carbocycles. The molecule has 5 rings (SSSR count). The van der Waals surface area contributed by atoms with Crippen molar-refractivity contribution < 1.29 is 14.3 Å². The summed E-state index contributed by atoms with van der Waals surface area (Å²) in [4.78, 5) is 34.7. The van der Waals surface area contributed by atoms with E-state index >= 15 is 0 Å². The van der Waals surface area contributed by atoms with E-state index in [1.54, 1.807) is 25.2 Å². The van der Waals surface area contributed by atoms with Crippen molar-refractivity contribution in [1.29, 1.82) is 0 Å². The summed E-state index contributed by atoms with van der Waals surface area (Å²) in [6, 6.07) is 11.8. The molecule has 0 bridgehead atoms. The minimum atomic E-state index is 0.107. The standard InChI is InChI=1S/C26H31N5O3/c1-28(2)25(32)18-29-13-9-21(10-14-29)34-22-5-7-24(27-17-22)31-15-8-19-16-20(4-6-23(19)31)26(33)30-11-3-12-30/h4-8,15-17,21H,3,9-14,18H2,1-2H3. The zero-order chi connectivity index (χ0) is 23.7. The van der Waals surface area contributed by atoms with Crippen LogP contribution in [-0.4, -0.2) is 89.0 Å². The topological polar surface area (TPSA) is 70.9 Å². The van der Waals surface area contributed by atoms with Gasteiger partial charge in [-0.3, -0.25) is 14.5 Å². The molecule has 0 radical (unpaired) electrons. The van der Waals surface area contributed by atoms with Crippen molar-refractivity contribution >= 4 is 22.7 Å². The van der Waals surface area contributed by atoms with Crippen molar-refractivity contribution in [2.45, 2.75) is 25.4 Å². The predicted molar refractivity (Wildman–Crippen MR) is 130 cm³/mol. The van der Waals surface area contributed by atoms with Crippen molar-refractivity contribution in [3.8, 4) is 11.6 Å². The van der Waals surface area contributed by atoms with E-state index < -0.39 is 0 Å². The monoisotopic (exact) mass is 461 g/mol. The van der Waals surface area contributed by atoms with Gasteiger partial charge < -0.3 is 19.1 Å². The predicted octanol–water partition coefficient (Wildman–Crippen LogP) is 2.80. The molecule has 34 heavy (non-hydrogen) atoms. The second-order valence-electron chi connectivity index (χ2n) is 9.34. The molecule has 3 aromatic rings. The first-order valence-corrected chi connectivity index (χ1v) is 11.9. The molecule has 0 N–H and O–H groups in total. The SMILES string of the molecule is CN(C)C(=O)CN1CCC(Oc2ccc(-n3ccc4cc(C(=O)N5CCC5)ccc43)nc2)CC1. The van der Waals surface area contributed by atoms with Gasteiger partial charge in [-0.2, -0.15) is 0 Å². The molecular weight excluding hydrogens is 430 g/mol. The molecule has 2 amide bonds. The number of ether oxygens (including phenoxy) is 1. The lowest BCUT2D eigenvalue weighted by atomic mass is 10.1. The number of rotatable bonds is 6. The minimum Gasteiger partial charge on any atom is -0.489 e. The lowest BCUT2D eigenvalue weighted by Crippen LogP contribution is -2.43. The summed E-state index contributed by atoms with van der Waals surface area (Å²) in [6.45, 7) is 3.88. The number of benzene rings is 1. The van der Waals surface area contributed by atoms with Crippen LogP contribution in [0.15, 0.2) is 48.8 Å². The van der Waals surface area contributed by atoms with Crippen LogP contribution < -0.4 is 4.74 Å². The van der Waals surface area contributed by atoms with Crippen LogP contribution in [0.1, 0.15) is 29.6 Å². The van der Waals surface area contributed by atoms with Crippen LogP contribution in [0.3, 0.4) is 0 Å². The maximum atomic E-state index is 12.5. The number of carbonyl (C=O) groups excluding carboxylic acids is 2. The molecule has 0 spiro atoms. The molecule has 4 heterocycles. The largest absolute Gasteiger partial charge is 0.489 e. The number of pyridine rings is 1. The van der Waals surface area contributed by atoms with E-state index in [4.69, 9.17) is 4.74 Å². The van der Waals surface area contributed by atoms with Crippen LogP contribution in [0, 0.1) is 0 Å². The number of aromatic nitrogens is 2. The zero-order valence-corrected chi connectivity index (χ0v) is 19.8. The van der Waals surface area contributed by atoms with E-state index in [0.29, 0.717) is 6.54 Å². The van der Waals surface area contributed by atoms with Crippen molar-refractivity contribution in [2.24, 2.45) is 0 Å². The molecule has 2 fully saturated rings. The van der Waals surface area contributed by atoms with Gasteiger partial charge in [-0.15, -0.1) is 0 Å². The van der Waals surface area contributed by atoms with Crippen LogP contribution in [0.25, 0.3) is 16.7 Å². The molecule has 0 atom stereocenters. The fourth-order valence-corrected chi connectivity index (χ4v) is 4.47. The molecular formula is C26H31N5O3. The number of likely N-dealkylation sites (tertiary alicyclic amines) is 2. The number of piperidine rings is 1. The molecule has 178 valence electrons. The third kappa shape index (κ3) is 4.63. The van der Waals surface area contributed by atoms with E-state index in [1.807, 2.05) is 52.1 Å². The Balaban J connectivity index is 1.21. The zero-order valence-electron chi connectivity index (χ0n) is 19.8. The molecule has 2 saturated heterocycles. The number of amides is 2. The van der Waals surface area contributed by atoms with Crippen LogP contribution in [0.5, 0.6) is 5.75 Å². The lowest BCUT2D eigenvalue weighted by Gasteiger charge is -2.32. The summed E-state index contributed by atoms with van der Waals surface area (Å²) in [6.07, 6.45) is 6.76. The Hall–Kier alpha value is -3.39. The number of fused-ring (bicyclic) bond motifs is 1. The maximum Gasteiger partial charge on any atom is 0.253 e. The Kier molecular flexibility index (Phi) is 6.24. The summed E-state index contributed by atoms with van der Waals surface area (Å²) in [5.41, 5.74) is 1.75. The average molecular weight is 462 g/mol. The van der Waals surface area contributed by atoms with Crippen molar-refractivity contribution in [3.05, 3.63) is 54.4 Å². The molecule has 2 aromatic heterocycles. The number of hydrogen-bond donors (Lipinski definition) is 0. The van der Waals surface area contributed by atoms with Gasteiger partial charge in [-0.1, -0.05) is 0 Å². The number of carbonyl (C=O) groups is 2. The van der Waals surface area contributed by atoms with Crippen LogP contribution in [-0.2, 0) is 4.79 Å². The number of nitrogens with zero attached hydrogens (tertiary/aromatic N) is 5. The Morgan fingerprint density at radius 1 is 1.06 bits per heavy atom. The summed E-state index contributed by atoms with van der Waals surface area (Å²) >= 11 is 0. The second-order valence-corrected chi connectivity index (χ2v) is 9.34. The molecule has 2 aliphatic rings. The van der Waals surface area contributed by atoms with E-state index in [2.05, 4.69) is 9.88 Å². The Morgan fingerprint density at radius 3 is 2.50 bits per heavy atom. The highest BCUT2D eigenvalue weighted by Crippen LogP contribution is 2.24. The third-order valence-electron chi connectivity index (χ3n) is 6.74. The van der Waals surface area contributed by atoms with Crippen LogP contribution in [0.4, 0.5) is 0 Å². The van der Waals surface area contributed by atoms with Crippen LogP contribution in [0.2, 0.25) is 0 Å². The highest BCUT2D eigenvalue weighted by atomic mass is 16.5. The lowest BCUT2D eigenvalue weighted by molar-refractivity contribution is -0.130. The smallest absolute Gasteiger partial charge is 0.253 e. The normalized spacial score (nSPS) is 16.9. The Morgan fingerprint density at radius 2 is 1.85 bits per heavy atom. The van der Waals surface area contributed by atoms with Gasteiger partial charge in [0.05, 0.1) is 18.3 Å². The van der Waals surface area contributed by atoms with Gasteiger partial charge in [0.1, 0.15) is 17.7 Å². The van der Waals surface area contributed by atoms with Gasteiger partial charge in [0, 0.05) is 57.4 Å². The summed E-state index contributed by atoms with van der Waals surface area (Å²) in [7, 11) is 3.58. The van der Waals surface area contributed by atoms with Crippen molar-refractivity contribution in [1.82, 2.24) is 24.3 Å². The van der Waals surface area contributed by atoms with Crippen molar-refractivity contribution in [2.75, 3.05) is 46.8 Å². The highest BCUT2D eigenvalue weighted by molar-refractivity contribution is 5.98. The number of hydrogen-bond acceptors (Lipinski definition) is 5. The summed E-state index contributed by atoms with van der Waals surface area (Å²) in [5, 5.41) is 1.02. The quantitative estimate of drug-likeness (QED) is 0.565. The third-order valence-corrected chi connectivity index (χ3v) is 6.74. The van der Waals surface area contributed by atoms with Gasteiger partial charge in [-0.25, -0.2) is 4.98 Å². The van der Waals surface area contributed by atoms with Gasteiger partial charge in [0.15, 0.2) is 0 Å². The maximum absolute atomic E-state index is 12.5. The fourth-order valence-electron chi connectivity index (χ4n) is 4.47. The molecule has 0 aliphatic carbocycles. The van der Waals surface area contributed by atoms with Gasteiger partial charge >= 0.3 is 0 Å². The van der Waals surface area contributed by atoms with Crippen molar-refractivity contribution in [3.63, 3.8) is 0 Å². The molecule has 8 heteroatoms. The average Bonchev–Trinajstić information content (AvgIpc) is 3.23. The molecule has 8 nitrogen and oxygen atoms in total. The Bertz CT molecular complexity index is 1170. The number of likely N-dealkylation sites (N-methyl/N-ethyl adjacent to an activating group) is 1. The van der Waals surface area contributed by atoms with Crippen LogP contribution >= 0.6 is 0 Å². The minimum absolute atomic E-state index is 0.107. The molecule has 0 unspecified atom stereocenters. The van der Waals surface area contributed by atoms with Gasteiger partial charge in [0.25, 0.3) is 5.91 Å². The van der Waals surface area contributed by atoms with E-state index in [0.717, 1.165) is 73.5 Å². The van der Waals surface area contributed by atoms with E-state index in [-0.39, 0.29) is 17.9 Å². The van der Waals surface area contributed by atoms with Gasteiger partial charge in [0.2, 0.25) is 5.91 Å². The summed E-state index contributed by atoms with van der Waals surface area (Å²) < 4.78 is 8.19. The van der Waals surface area contributed by atoms with Gasteiger partial charge in [-0.05, 0) is 55.7 Å². The fraction of sp³-hybridized carbons (Fsp3) is 0.423. The Labute approximate surface area is 199 Å². The second kappa shape index (κ2) is 9.46. The molecule has 1 aromatic carbocycles. The first-order valence-electron chi connectivity index (χ1n) is 11.9.